The van der Waals surface area contributed by atoms with Crippen LogP contribution in [0.25, 0.3) is 0 Å². The molecule has 1 atom stereocenters. The monoisotopic (exact) mass is 241 g/mol. The lowest BCUT2D eigenvalue weighted by Gasteiger charge is -2.10. The number of hydrazine groups is 1. The molecule has 0 aliphatic heterocycles. The molecule has 0 aromatic heterocycles. The van der Waals surface area contributed by atoms with Crippen LogP contribution in [-0.4, -0.2) is 10.2 Å². The van der Waals surface area contributed by atoms with Gasteiger partial charge in [0.25, 0.3) is 0 Å². The molecule has 5 nitrogen and oxygen atoms in total. The third kappa shape index (κ3) is 2.86. The molecule has 0 spiro atoms. The molecule has 16 heavy (non-hydrogen) atoms. The van der Waals surface area contributed by atoms with Crippen molar-refractivity contribution in [2.75, 3.05) is 5.43 Å². The third-order valence-corrected chi connectivity index (χ3v) is 3.56. The highest BCUT2D eigenvalue weighted by Gasteiger charge is 2.20. The van der Waals surface area contributed by atoms with Crippen LogP contribution in [0.15, 0.2) is 23.1 Å². The Morgan fingerprint density at radius 1 is 1.62 bits per heavy atom. The zero-order chi connectivity index (χ0) is 12.1. The van der Waals surface area contributed by atoms with E-state index in [0.717, 1.165) is 6.42 Å². The minimum Gasteiger partial charge on any atom is -0.318 e. The van der Waals surface area contributed by atoms with Gasteiger partial charge in [-0.3, -0.25) is 16.0 Å². The van der Waals surface area contributed by atoms with Crippen LogP contribution in [0.5, 0.6) is 0 Å². The van der Waals surface area contributed by atoms with Crippen LogP contribution < -0.4 is 11.3 Å². The van der Waals surface area contributed by atoms with Crippen molar-refractivity contribution in [1.29, 1.82) is 0 Å². The number of hydrogen-bond acceptors (Lipinski definition) is 5. The van der Waals surface area contributed by atoms with Gasteiger partial charge in [0.15, 0.2) is 0 Å². The second-order valence-corrected chi connectivity index (χ2v) is 4.87. The van der Waals surface area contributed by atoms with Gasteiger partial charge in [-0.1, -0.05) is 19.9 Å². The topological polar surface area (TPSA) is 81.2 Å². The van der Waals surface area contributed by atoms with Crippen molar-refractivity contribution >= 4 is 23.1 Å². The summed E-state index contributed by atoms with van der Waals surface area (Å²) in [5, 5.41) is 11.3. The number of rotatable bonds is 5. The predicted octanol–water partition coefficient (Wildman–Crippen LogP) is 2.77. The molecule has 1 aromatic rings. The fraction of sp³-hybridized carbons (Fsp3) is 0.400. The molecule has 0 fully saturated rings. The van der Waals surface area contributed by atoms with Crippen LogP contribution in [0.1, 0.15) is 20.3 Å². The van der Waals surface area contributed by atoms with Crippen molar-refractivity contribution in [3.05, 3.63) is 28.3 Å². The molecule has 0 radical (unpaired) electrons. The van der Waals surface area contributed by atoms with Crippen LogP contribution in [0, 0.1) is 10.1 Å². The van der Waals surface area contributed by atoms with E-state index < -0.39 is 4.92 Å². The first-order chi connectivity index (χ1) is 7.60. The first-order valence-corrected chi connectivity index (χ1v) is 5.88. The van der Waals surface area contributed by atoms with E-state index in [1.807, 2.05) is 6.92 Å². The van der Waals surface area contributed by atoms with Gasteiger partial charge < -0.3 is 5.43 Å². The molecule has 1 aromatic carbocycles. The van der Waals surface area contributed by atoms with Gasteiger partial charge in [-0.15, -0.1) is 11.8 Å². The molecule has 0 bridgehead atoms. The molecule has 1 rings (SSSR count). The van der Waals surface area contributed by atoms with Crippen molar-refractivity contribution in [2.24, 2.45) is 5.84 Å². The maximum Gasteiger partial charge on any atom is 0.307 e. The van der Waals surface area contributed by atoms with E-state index >= 15 is 0 Å². The summed E-state index contributed by atoms with van der Waals surface area (Å²) in [5.74, 6) is 5.26. The van der Waals surface area contributed by atoms with Gasteiger partial charge in [-0.2, -0.15) is 0 Å². The van der Waals surface area contributed by atoms with E-state index in [0.29, 0.717) is 15.8 Å². The molecular formula is C10H15N3O2S. The number of nitrogens with two attached hydrogens (primary N) is 1. The summed E-state index contributed by atoms with van der Waals surface area (Å²) in [6, 6.07) is 5.10. The predicted molar refractivity (Wildman–Crippen MR) is 66.5 cm³/mol. The number of para-hydroxylation sites is 1. The average molecular weight is 241 g/mol. The number of nitrogens with zero attached hydrogens (tertiary/aromatic N) is 1. The first-order valence-electron chi connectivity index (χ1n) is 5.00. The molecule has 0 aliphatic rings. The number of nitrogen functional groups attached to an aromatic ring is 1. The first kappa shape index (κ1) is 12.8. The van der Waals surface area contributed by atoms with Crippen molar-refractivity contribution in [3.8, 4) is 0 Å². The molecule has 1 unspecified atom stereocenters. The summed E-state index contributed by atoms with van der Waals surface area (Å²) in [5.41, 5.74) is 2.75. The Morgan fingerprint density at radius 2 is 2.31 bits per heavy atom. The lowest BCUT2D eigenvalue weighted by Crippen LogP contribution is -2.09. The molecule has 0 saturated heterocycles. The fourth-order valence-electron chi connectivity index (χ4n) is 1.22. The summed E-state index contributed by atoms with van der Waals surface area (Å²) in [7, 11) is 0. The number of anilines is 1. The number of benzene rings is 1. The Balaban J connectivity index is 3.12. The van der Waals surface area contributed by atoms with Crippen LogP contribution in [0.3, 0.4) is 0 Å². The van der Waals surface area contributed by atoms with Crippen LogP contribution in [0.2, 0.25) is 0 Å². The van der Waals surface area contributed by atoms with Crippen LogP contribution in [-0.2, 0) is 0 Å². The molecule has 3 N–H and O–H groups in total. The fourth-order valence-corrected chi connectivity index (χ4v) is 2.28. The maximum absolute atomic E-state index is 11.0. The zero-order valence-electron chi connectivity index (χ0n) is 9.27. The third-order valence-electron chi connectivity index (χ3n) is 2.24. The van der Waals surface area contributed by atoms with E-state index in [-0.39, 0.29) is 5.69 Å². The standard InChI is InChI=1S/C10H15N3O2S/c1-3-7(2)16-9-6-4-5-8(12-11)10(9)13(14)15/h4-7,12H,3,11H2,1-2H3. The maximum atomic E-state index is 11.0. The van der Waals surface area contributed by atoms with E-state index in [4.69, 9.17) is 5.84 Å². The smallest absolute Gasteiger partial charge is 0.307 e. The average Bonchev–Trinajstić information content (AvgIpc) is 2.28. The molecular weight excluding hydrogens is 226 g/mol. The summed E-state index contributed by atoms with van der Waals surface area (Å²) in [6.07, 6.45) is 0.960. The lowest BCUT2D eigenvalue weighted by molar-refractivity contribution is -0.386. The number of nitrogens with one attached hydrogen (secondary N) is 1. The summed E-state index contributed by atoms with van der Waals surface area (Å²) in [4.78, 5) is 11.2. The molecule has 6 heteroatoms. The molecule has 0 heterocycles. The van der Waals surface area contributed by atoms with Gasteiger partial charge in [0.05, 0.1) is 9.82 Å². The minimum atomic E-state index is -0.403. The largest absolute Gasteiger partial charge is 0.318 e. The van der Waals surface area contributed by atoms with E-state index in [1.165, 1.54) is 11.8 Å². The van der Waals surface area contributed by atoms with E-state index in [9.17, 15) is 10.1 Å². The normalized spacial score (nSPS) is 12.2. The van der Waals surface area contributed by atoms with Gasteiger partial charge in [-0.05, 0) is 18.6 Å². The highest BCUT2D eigenvalue weighted by molar-refractivity contribution is 8.00. The highest BCUT2D eigenvalue weighted by Crippen LogP contribution is 2.37. The van der Waals surface area contributed by atoms with Gasteiger partial charge in [0.1, 0.15) is 5.69 Å². The second kappa shape index (κ2) is 5.72. The summed E-state index contributed by atoms with van der Waals surface area (Å²) < 4.78 is 0. The number of thioether (sulfide) groups is 1. The summed E-state index contributed by atoms with van der Waals surface area (Å²) >= 11 is 1.49. The van der Waals surface area contributed by atoms with Gasteiger partial charge in [0.2, 0.25) is 0 Å². The highest BCUT2D eigenvalue weighted by atomic mass is 32.2. The van der Waals surface area contributed by atoms with Gasteiger partial charge in [0, 0.05) is 5.25 Å². The molecule has 0 amide bonds. The van der Waals surface area contributed by atoms with E-state index in [1.54, 1.807) is 18.2 Å². The SMILES string of the molecule is CCC(C)Sc1cccc(NN)c1[N+](=O)[O-]. The Labute approximate surface area is 98.5 Å². The van der Waals surface area contributed by atoms with Crippen molar-refractivity contribution in [3.63, 3.8) is 0 Å². The Kier molecular flexibility index (Phi) is 4.57. The van der Waals surface area contributed by atoms with Crippen LogP contribution >= 0.6 is 11.8 Å². The molecule has 88 valence electrons. The minimum absolute atomic E-state index is 0.0512. The zero-order valence-corrected chi connectivity index (χ0v) is 10.1. The summed E-state index contributed by atoms with van der Waals surface area (Å²) in [6.45, 7) is 4.09. The Morgan fingerprint density at radius 3 is 2.81 bits per heavy atom. The quantitative estimate of drug-likeness (QED) is 0.358. The van der Waals surface area contributed by atoms with E-state index in [2.05, 4.69) is 12.3 Å². The van der Waals surface area contributed by atoms with Gasteiger partial charge in [-0.25, -0.2) is 0 Å². The second-order valence-electron chi connectivity index (χ2n) is 3.39. The van der Waals surface area contributed by atoms with Crippen molar-refractivity contribution in [2.45, 2.75) is 30.4 Å². The Hall–Kier alpha value is -1.27. The van der Waals surface area contributed by atoms with Gasteiger partial charge >= 0.3 is 5.69 Å². The number of nitro groups is 1. The molecule has 0 aliphatic carbocycles. The number of hydrogen-bond donors (Lipinski definition) is 2. The molecule has 0 saturated carbocycles. The lowest BCUT2D eigenvalue weighted by atomic mass is 10.3. The van der Waals surface area contributed by atoms with Crippen molar-refractivity contribution < 1.29 is 4.92 Å². The van der Waals surface area contributed by atoms with Crippen LogP contribution in [0.4, 0.5) is 11.4 Å². The number of nitro benzene ring substituents is 1. The van der Waals surface area contributed by atoms with Crippen molar-refractivity contribution in [1.82, 2.24) is 0 Å². The Bertz CT molecular complexity index is 384.